The SMILES string of the molecule is CCC(C)n1ncc(C(=O)NCc2cccc(OCC(=O)O)c2)c1C1CC1. The minimum Gasteiger partial charge on any atom is -0.482 e. The third-order valence-electron chi connectivity index (χ3n) is 4.76. The van der Waals surface area contributed by atoms with Crippen LogP contribution in [0.1, 0.15) is 66.7 Å². The Balaban J connectivity index is 1.67. The van der Waals surface area contributed by atoms with E-state index < -0.39 is 12.6 Å². The van der Waals surface area contributed by atoms with E-state index in [1.165, 1.54) is 0 Å². The fraction of sp³-hybridized carbons (Fsp3) is 0.450. The van der Waals surface area contributed by atoms with Gasteiger partial charge in [-0.1, -0.05) is 19.1 Å². The van der Waals surface area contributed by atoms with Crippen molar-refractivity contribution in [3.8, 4) is 5.75 Å². The normalized spacial score (nSPS) is 14.6. The number of carboxylic acids is 1. The Bertz CT molecular complexity index is 826. The van der Waals surface area contributed by atoms with Crippen LogP contribution in [0.2, 0.25) is 0 Å². The van der Waals surface area contributed by atoms with Crippen LogP contribution in [0.25, 0.3) is 0 Å². The third kappa shape index (κ3) is 4.67. The van der Waals surface area contributed by atoms with E-state index in [9.17, 15) is 9.59 Å². The van der Waals surface area contributed by atoms with Crippen LogP contribution in [0.3, 0.4) is 0 Å². The maximum atomic E-state index is 12.7. The molecule has 1 fully saturated rings. The fourth-order valence-corrected chi connectivity index (χ4v) is 3.00. The second-order valence-electron chi connectivity index (χ2n) is 6.93. The zero-order chi connectivity index (χ0) is 19.4. The minimum atomic E-state index is -1.03. The first kappa shape index (κ1) is 18.9. The molecule has 0 radical (unpaired) electrons. The van der Waals surface area contributed by atoms with Crippen LogP contribution in [0.4, 0.5) is 0 Å². The molecule has 2 N–H and O–H groups in total. The summed E-state index contributed by atoms with van der Waals surface area (Å²) in [5.41, 5.74) is 2.53. The lowest BCUT2D eigenvalue weighted by molar-refractivity contribution is -0.139. The monoisotopic (exact) mass is 371 g/mol. The molecule has 1 amide bonds. The Hall–Kier alpha value is -2.83. The lowest BCUT2D eigenvalue weighted by Gasteiger charge is -2.14. The van der Waals surface area contributed by atoms with Crippen LogP contribution < -0.4 is 10.1 Å². The van der Waals surface area contributed by atoms with E-state index in [-0.39, 0.29) is 11.9 Å². The smallest absolute Gasteiger partial charge is 0.341 e. The molecule has 1 aliphatic carbocycles. The molecule has 1 saturated carbocycles. The quantitative estimate of drug-likeness (QED) is 0.706. The van der Waals surface area contributed by atoms with Crippen molar-refractivity contribution in [2.75, 3.05) is 6.61 Å². The molecule has 7 nitrogen and oxygen atoms in total. The van der Waals surface area contributed by atoms with Crippen molar-refractivity contribution in [3.05, 3.63) is 47.3 Å². The van der Waals surface area contributed by atoms with E-state index in [4.69, 9.17) is 9.84 Å². The molecule has 1 aliphatic rings. The van der Waals surface area contributed by atoms with Gasteiger partial charge in [-0.3, -0.25) is 9.48 Å². The van der Waals surface area contributed by atoms with Crippen molar-refractivity contribution >= 4 is 11.9 Å². The van der Waals surface area contributed by atoms with Crippen LogP contribution in [-0.4, -0.2) is 33.4 Å². The zero-order valence-corrected chi connectivity index (χ0v) is 15.6. The van der Waals surface area contributed by atoms with Gasteiger partial charge >= 0.3 is 5.97 Å². The maximum Gasteiger partial charge on any atom is 0.341 e. The van der Waals surface area contributed by atoms with Crippen LogP contribution in [0.5, 0.6) is 5.75 Å². The lowest BCUT2D eigenvalue weighted by Crippen LogP contribution is -2.24. The summed E-state index contributed by atoms with van der Waals surface area (Å²) in [4.78, 5) is 23.3. The number of nitrogens with one attached hydrogen (secondary N) is 1. The molecule has 1 heterocycles. The van der Waals surface area contributed by atoms with Gasteiger partial charge in [0.15, 0.2) is 6.61 Å². The molecule has 0 saturated heterocycles. The average Bonchev–Trinajstić information content (AvgIpc) is 3.42. The van der Waals surface area contributed by atoms with E-state index in [0.29, 0.717) is 23.8 Å². The van der Waals surface area contributed by atoms with E-state index >= 15 is 0 Å². The van der Waals surface area contributed by atoms with Crippen molar-refractivity contribution in [2.45, 2.75) is 51.6 Å². The summed E-state index contributed by atoms with van der Waals surface area (Å²) >= 11 is 0. The Kier molecular flexibility index (Phi) is 5.78. The first-order chi connectivity index (χ1) is 13.0. The van der Waals surface area contributed by atoms with E-state index in [0.717, 1.165) is 30.5 Å². The molecule has 1 atom stereocenters. The van der Waals surface area contributed by atoms with Gasteiger partial charge in [0.05, 0.1) is 17.5 Å². The van der Waals surface area contributed by atoms with Gasteiger partial charge in [0, 0.05) is 18.5 Å². The number of hydrogen-bond donors (Lipinski definition) is 2. The van der Waals surface area contributed by atoms with Crippen LogP contribution in [0.15, 0.2) is 30.5 Å². The summed E-state index contributed by atoms with van der Waals surface area (Å²) in [5, 5.41) is 16.1. The van der Waals surface area contributed by atoms with Gasteiger partial charge in [-0.2, -0.15) is 5.10 Å². The molecular formula is C20H25N3O4. The highest BCUT2D eigenvalue weighted by molar-refractivity contribution is 5.95. The Morgan fingerprint density at radius 3 is 2.85 bits per heavy atom. The number of amides is 1. The predicted molar refractivity (Wildman–Crippen MR) is 99.9 cm³/mol. The molecule has 2 aromatic rings. The number of nitrogens with zero attached hydrogens (tertiary/aromatic N) is 2. The van der Waals surface area contributed by atoms with E-state index in [1.54, 1.807) is 24.4 Å². The highest BCUT2D eigenvalue weighted by Crippen LogP contribution is 2.42. The second kappa shape index (κ2) is 8.24. The largest absolute Gasteiger partial charge is 0.482 e. The highest BCUT2D eigenvalue weighted by Gasteiger charge is 2.33. The van der Waals surface area contributed by atoms with Crippen molar-refractivity contribution in [2.24, 2.45) is 0 Å². The van der Waals surface area contributed by atoms with Crippen molar-refractivity contribution < 1.29 is 19.4 Å². The molecule has 0 aliphatic heterocycles. The van der Waals surface area contributed by atoms with Gasteiger partial charge in [-0.15, -0.1) is 0 Å². The maximum absolute atomic E-state index is 12.7. The number of rotatable bonds is 9. The number of aromatic nitrogens is 2. The molecule has 1 unspecified atom stereocenters. The molecule has 0 bridgehead atoms. The summed E-state index contributed by atoms with van der Waals surface area (Å²) in [7, 11) is 0. The van der Waals surface area contributed by atoms with Crippen LogP contribution >= 0.6 is 0 Å². The number of hydrogen-bond acceptors (Lipinski definition) is 4. The zero-order valence-electron chi connectivity index (χ0n) is 15.6. The summed E-state index contributed by atoms with van der Waals surface area (Å²) < 4.78 is 7.17. The van der Waals surface area contributed by atoms with Gasteiger partial charge in [0.1, 0.15) is 5.75 Å². The average molecular weight is 371 g/mol. The summed E-state index contributed by atoms with van der Waals surface area (Å²) in [5.74, 6) is -0.273. The van der Waals surface area contributed by atoms with Crippen molar-refractivity contribution in [3.63, 3.8) is 0 Å². The molecule has 27 heavy (non-hydrogen) atoms. The number of carbonyl (C=O) groups excluding carboxylic acids is 1. The fourth-order valence-electron chi connectivity index (χ4n) is 3.00. The molecule has 7 heteroatoms. The molecule has 1 aromatic heterocycles. The molecule has 144 valence electrons. The van der Waals surface area contributed by atoms with Gasteiger partial charge < -0.3 is 15.2 Å². The molecular weight excluding hydrogens is 346 g/mol. The van der Waals surface area contributed by atoms with E-state index in [2.05, 4.69) is 24.3 Å². The Morgan fingerprint density at radius 2 is 2.19 bits per heavy atom. The molecule has 3 rings (SSSR count). The van der Waals surface area contributed by atoms with Gasteiger partial charge in [-0.05, 0) is 43.9 Å². The van der Waals surface area contributed by atoms with Crippen molar-refractivity contribution in [1.29, 1.82) is 0 Å². The van der Waals surface area contributed by atoms with Gasteiger partial charge in [0.25, 0.3) is 5.91 Å². The van der Waals surface area contributed by atoms with E-state index in [1.807, 2.05) is 10.7 Å². The number of carboxylic acid groups (broad SMARTS) is 1. The lowest BCUT2D eigenvalue weighted by atomic mass is 10.1. The number of benzene rings is 1. The minimum absolute atomic E-state index is 0.136. The summed E-state index contributed by atoms with van der Waals surface area (Å²) in [6, 6.07) is 7.32. The number of carbonyl (C=O) groups is 2. The third-order valence-corrected chi connectivity index (χ3v) is 4.76. The number of ether oxygens (including phenoxy) is 1. The van der Waals surface area contributed by atoms with Crippen LogP contribution in [0, 0.1) is 0 Å². The van der Waals surface area contributed by atoms with Crippen LogP contribution in [-0.2, 0) is 11.3 Å². The topological polar surface area (TPSA) is 93.5 Å². The molecule has 0 spiro atoms. The Morgan fingerprint density at radius 1 is 1.41 bits per heavy atom. The summed E-state index contributed by atoms with van der Waals surface area (Å²) in [6.07, 6.45) is 4.84. The standard InChI is InChI=1S/C20H25N3O4/c1-3-13(2)23-19(15-7-8-15)17(11-22-23)20(26)21-10-14-5-4-6-16(9-14)27-12-18(24)25/h4-6,9,11,13,15H,3,7-8,10,12H2,1-2H3,(H,21,26)(H,24,25). The van der Waals surface area contributed by atoms with Gasteiger partial charge in [-0.25, -0.2) is 4.79 Å². The first-order valence-corrected chi connectivity index (χ1v) is 9.28. The molecule has 1 aromatic carbocycles. The van der Waals surface area contributed by atoms with Crippen molar-refractivity contribution in [1.82, 2.24) is 15.1 Å². The van der Waals surface area contributed by atoms with Gasteiger partial charge in [0.2, 0.25) is 0 Å². The first-order valence-electron chi connectivity index (χ1n) is 9.28. The number of aliphatic carboxylic acids is 1. The highest BCUT2D eigenvalue weighted by atomic mass is 16.5. The Labute approximate surface area is 158 Å². The summed E-state index contributed by atoms with van der Waals surface area (Å²) in [6.45, 7) is 4.17. The second-order valence-corrected chi connectivity index (χ2v) is 6.93. The predicted octanol–water partition coefficient (Wildman–Crippen LogP) is 3.12.